The van der Waals surface area contributed by atoms with E-state index in [0.29, 0.717) is 0 Å². The van der Waals surface area contributed by atoms with E-state index in [2.05, 4.69) is 50.2 Å². The monoisotopic (exact) mass is 238 g/mol. The Bertz CT molecular complexity index is 570. The third kappa shape index (κ3) is 1.61. The topological polar surface area (TPSA) is 0 Å². The van der Waals surface area contributed by atoms with Crippen molar-refractivity contribution in [3.05, 3.63) is 52.3 Å². The molecule has 0 fully saturated rings. The third-order valence-corrected chi connectivity index (χ3v) is 7.11. The average Bonchev–Trinajstić information content (AvgIpc) is 2.75. The molecule has 0 bridgehead atoms. The lowest BCUT2D eigenvalue weighted by atomic mass is 10.1. The molecule has 0 unspecified atom stereocenters. The Labute approximate surface area is 105 Å². The summed E-state index contributed by atoms with van der Waals surface area (Å²) >= 11 is 0. The van der Waals surface area contributed by atoms with E-state index in [1.165, 1.54) is 30.0 Å². The lowest BCUT2D eigenvalue weighted by Crippen LogP contribution is -2.11. The van der Waals surface area contributed by atoms with Crippen LogP contribution in [0.15, 0.2) is 36.4 Å². The van der Waals surface area contributed by atoms with Gasteiger partial charge in [-0.1, -0.05) is 60.6 Å². The van der Waals surface area contributed by atoms with Crippen molar-refractivity contribution in [3.8, 4) is 11.1 Å². The summed E-state index contributed by atoms with van der Waals surface area (Å²) in [6.45, 7) is 4.66. The zero-order valence-electron chi connectivity index (χ0n) is 10.6. The van der Waals surface area contributed by atoms with E-state index in [1.54, 1.807) is 15.9 Å². The molecule has 0 aliphatic heterocycles. The molecular weight excluding hydrogens is 220 g/mol. The summed E-state index contributed by atoms with van der Waals surface area (Å²) in [5.74, 6) is 0. The van der Waals surface area contributed by atoms with Crippen molar-refractivity contribution in [1.82, 2.24) is 0 Å². The number of benzene rings is 1. The molecule has 0 spiro atoms. The van der Waals surface area contributed by atoms with Crippen LogP contribution >= 0.6 is 0 Å². The van der Waals surface area contributed by atoms with Crippen molar-refractivity contribution < 1.29 is 0 Å². The highest BCUT2D eigenvalue weighted by Crippen LogP contribution is 2.36. The fourth-order valence-electron chi connectivity index (χ4n) is 3.10. The number of rotatable bonds is 2. The van der Waals surface area contributed by atoms with Crippen LogP contribution in [0.2, 0.25) is 0 Å². The molecule has 1 heterocycles. The molecule has 0 N–H and O–H groups in total. The van der Waals surface area contributed by atoms with Gasteiger partial charge in [0.05, 0.1) is 0 Å². The molecule has 86 valence electrons. The van der Waals surface area contributed by atoms with Crippen molar-refractivity contribution in [2.24, 2.45) is 0 Å². The molecule has 1 aliphatic carbocycles. The first kappa shape index (κ1) is 10.9. The van der Waals surface area contributed by atoms with Crippen LogP contribution < -0.4 is 0 Å². The Hall–Kier alpha value is -1.21. The predicted octanol–water partition coefficient (Wildman–Crippen LogP) is 3.87. The maximum atomic E-state index is 2.40. The Morgan fingerprint density at radius 1 is 1.00 bits per heavy atom. The fraction of sp³-hybridized carbons (Fsp3) is 0.312. The summed E-state index contributed by atoms with van der Waals surface area (Å²) < 4.78 is 0. The number of hydrogen-bond acceptors (Lipinski definition) is 0. The average molecular weight is 238 g/mol. The molecule has 0 saturated heterocycles. The molecule has 1 aromatic heterocycles. The van der Waals surface area contributed by atoms with Crippen LogP contribution in [0.1, 0.15) is 29.8 Å². The van der Waals surface area contributed by atoms with E-state index in [4.69, 9.17) is 0 Å². The summed E-state index contributed by atoms with van der Waals surface area (Å²) in [6.07, 6.45) is 2.44. The zero-order chi connectivity index (χ0) is 11.8. The second-order valence-corrected chi connectivity index (χ2v) is 7.68. The number of hydrogen-bond donors (Lipinski definition) is 0. The van der Waals surface area contributed by atoms with Crippen molar-refractivity contribution in [2.75, 3.05) is 0 Å². The maximum Gasteiger partial charge on any atom is 0.0448 e. The van der Waals surface area contributed by atoms with Gasteiger partial charge in [0.1, 0.15) is 0 Å². The second kappa shape index (κ2) is 4.23. The van der Waals surface area contributed by atoms with E-state index in [9.17, 15) is 0 Å². The quantitative estimate of drug-likeness (QED) is 0.595. The predicted molar refractivity (Wildman–Crippen MR) is 75.7 cm³/mol. The summed E-state index contributed by atoms with van der Waals surface area (Å²) in [6, 6.07) is 15.0. The summed E-state index contributed by atoms with van der Waals surface area (Å²) in [4.78, 5) is 0. The van der Waals surface area contributed by atoms with E-state index in [0.717, 1.165) is 0 Å². The van der Waals surface area contributed by atoms with Gasteiger partial charge in [-0.15, -0.1) is 0 Å². The van der Waals surface area contributed by atoms with Crippen LogP contribution in [0.4, 0.5) is 0 Å². The largest absolute Gasteiger partial charge is 0.0646 e. The minimum atomic E-state index is -0.409. The molecule has 0 amide bonds. The minimum absolute atomic E-state index is 0.409. The highest BCUT2D eigenvalue weighted by atomic mass is 28.2. The van der Waals surface area contributed by atoms with Gasteiger partial charge in [-0.25, -0.2) is 0 Å². The molecule has 3 rings (SSSR count). The molecule has 0 radical (unpaired) electrons. The highest BCUT2D eigenvalue weighted by Gasteiger charge is 2.21. The fourth-order valence-corrected chi connectivity index (χ4v) is 6.02. The van der Waals surface area contributed by atoms with Crippen LogP contribution in [0.3, 0.4) is 0 Å². The molecule has 1 aliphatic rings. The van der Waals surface area contributed by atoms with Gasteiger partial charge in [-0.05, 0) is 35.6 Å². The van der Waals surface area contributed by atoms with Crippen LogP contribution in [0, 0.1) is 0 Å². The molecule has 0 nitrogen and oxygen atoms in total. The van der Waals surface area contributed by atoms with E-state index >= 15 is 0 Å². The first-order valence-electron chi connectivity index (χ1n) is 6.57. The van der Waals surface area contributed by atoms with Crippen LogP contribution in [-0.2, 0) is 18.9 Å². The molecule has 0 saturated carbocycles. The van der Waals surface area contributed by atoms with E-state index in [1.807, 2.05) is 0 Å². The summed E-state index contributed by atoms with van der Waals surface area (Å²) in [7, 11) is -0.409. The lowest BCUT2D eigenvalue weighted by Gasteiger charge is -2.11. The molecule has 17 heavy (non-hydrogen) atoms. The van der Waals surface area contributed by atoms with Gasteiger partial charge < -0.3 is 0 Å². The molecule has 0 atom stereocenters. The van der Waals surface area contributed by atoms with Crippen LogP contribution in [-0.4, -0.2) is 8.40 Å². The van der Waals surface area contributed by atoms with Gasteiger partial charge in [0.15, 0.2) is 0 Å². The Morgan fingerprint density at radius 2 is 1.82 bits per heavy atom. The first-order valence-corrected chi connectivity index (χ1v) is 8.27. The molecular formula is C16H18Si. The van der Waals surface area contributed by atoms with Crippen molar-refractivity contribution >= 4 is 8.40 Å². The van der Waals surface area contributed by atoms with Crippen molar-refractivity contribution in [3.63, 3.8) is 0 Å². The van der Waals surface area contributed by atoms with Crippen molar-refractivity contribution in [2.45, 2.75) is 32.7 Å². The van der Waals surface area contributed by atoms with Gasteiger partial charge in [-0.3, -0.25) is 0 Å². The smallest absolute Gasteiger partial charge is 0.0448 e. The Morgan fingerprint density at radius 3 is 2.59 bits per heavy atom. The number of aryl methyl sites for hydroxylation is 1. The van der Waals surface area contributed by atoms with E-state index < -0.39 is 8.40 Å². The minimum Gasteiger partial charge on any atom is -0.0646 e. The number of fused-ring (bicyclic) bond motifs is 3. The van der Waals surface area contributed by atoms with E-state index in [-0.39, 0.29) is 0 Å². The van der Waals surface area contributed by atoms with Gasteiger partial charge in [-0.2, -0.15) is 0 Å². The molecule has 2 aromatic rings. The Kier molecular flexibility index (Phi) is 2.71. The second-order valence-electron chi connectivity index (χ2n) is 4.77. The molecule has 1 heteroatoms. The standard InChI is InChI=1S/C16H18Si/c1-3-13-9-10-15-14-8-6-5-7-12(14)11-16(15)17(13)4-2/h5-10H,3-4,11H2,1-2H3. The van der Waals surface area contributed by atoms with Crippen LogP contribution in [0.25, 0.3) is 11.1 Å². The van der Waals surface area contributed by atoms with Gasteiger partial charge in [0.2, 0.25) is 0 Å². The lowest BCUT2D eigenvalue weighted by molar-refractivity contribution is 1.15. The summed E-state index contributed by atoms with van der Waals surface area (Å²) in [5, 5.41) is 3.47. The van der Waals surface area contributed by atoms with Gasteiger partial charge in [0.25, 0.3) is 0 Å². The normalized spacial score (nSPS) is 12.4. The maximum absolute atomic E-state index is 2.40. The van der Waals surface area contributed by atoms with Gasteiger partial charge >= 0.3 is 0 Å². The summed E-state index contributed by atoms with van der Waals surface area (Å²) in [5.41, 5.74) is 4.58. The van der Waals surface area contributed by atoms with Crippen molar-refractivity contribution in [1.29, 1.82) is 0 Å². The third-order valence-electron chi connectivity index (χ3n) is 3.94. The zero-order valence-corrected chi connectivity index (χ0v) is 11.6. The Balaban J connectivity index is 2.24. The van der Waals surface area contributed by atoms with Gasteiger partial charge in [0, 0.05) is 8.40 Å². The first-order chi connectivity index (χ1) is 8.35. The molecule has 1 aromatic carbocycles. The van der Waals surface area contributed by atoms with Crippen LogP contribution in [0.5, 0.6) is 0 Å². The SMILES string of the molecule is CCc1ccc2c([si]1CC)Cc1ccccc1-2. The highest BCUT2D eigenvalue weighted by molar-refractivity contribution is 6.56.